The van der Waals surface area contributed by atoms with Crippen LogP contribution >= 0.6 is 22.6 Å². The molecule has 8 heteroatoms. The number of rotatable bonds is 4. The van der Waals surface area contributed by atoms with E-state index in [-0.39, 0.29) is 16.6 Å². The van der Waals surface area contributed by atoms with E-state index in [1.807, 2.05) is 13.0 Å². The zero-order valence-electron chi connectivity index (χ0n) is 12.5. The first kappa shape index (κ1) is 17.7. The van der Waals surface area contributed by atoms with Crippen LogP contribution in [-0.2, 0) is 10.0 Å². The zero-order valence-corrected chi connectivity index (χ0v) is 15.4. The van der Waals surface area contributed by atoms with Gasteiger partial charge in [0.25, 0.3) is 5.91 Å². The molecule has 2 rings (SSSR count). The van der Waals surface area contributed by atoms with Gasteiger partial charge in [-0.25, -0.2) is 13.6 Å². The van der Waals surface area contributed by atoms with E-state index < -0.39 is 10.0 Å². The van der Waals surface area contributed by atoms with Gasteiger partial charge in [-0.3, -0.25) is 4.79 Å². The van der Waals surface area contributed by atoms with Crippen molar-refractivity contribution < 1.29 is 17.9 Å². The molecule has 23 heavy (non-hydrogen) atoms. The molecule has 0 aliphatic carbocycles. The van der Waals surface area contributed by atoms with Crippen LogP contribution in [0.3, 0.4) is 0 Å². The summed E-state index contributed by atoms with van der Waals surface area (Å²) in [5.41, 5.74) is 1.81. The first-order chi connectivity index (χ1) is 10.7. The third-order valence-electron chi connectivity index (χ3n) is 3.16. The molecule has 1 amide bonds. The number of sulfonamides is 1. The van der Waals surface area contributed by atoms with Crippen molar-refractivity contribution in [3.8, 4) is 5.75 Å². The third kappa shape index (κ3) is 4.01. The smallest absolute Gasteiger partial charge is 0.256 e. The van der Waals surface area contributed by atoms with Crippen LogP contribution in [0.25, 0.3) is 0 Å². The SMILES string of the molecule is COc1ccc(NC(=O)c2cccc(C)c2I)cc1S(N)(=O)=O. The minimum absolute atomic E-state index is 0.121. The van der Waals surface area contributed by atoms with Crippen LogP contribution in [0.5, 0.6) is 5.75 Å². The molecular weight excluding hydrogens is 431 g/mol. The van der Waals surface area contributed by atoms with Gasteiger partial charge in [-0.1, -0.05) is 12.1 Å². The van der Waals surface area contributed by atoms with E-state index in [9.17, 15) is 13.2 Å². The molecule has 0 aromatic heterocycles. The number of nitrogens with two attached hydrogens (primary N) is 1. The van der Waals surface area contributed by atoms with Gasteiger partial charge in [-0.15, -0.1) is 0 Å². The summed E-state index contributed by atoms with van der Waals surface area (Å²) in [5, 5.41) is 7.84. The number of nitrogens with one attached hydrogen (secondary N) is 1. The monoisotopic (exact) mass is 446 g/mol. The maximum absolute atomic E-state index is 12.4. The highest BCUT2D eigenvalue weighted by atomic mass is 127. The van der Waals surface area contributed by atoms with E-state index >= 15 is 0 Å². The predicted molar refractivity (Wildman–Crippen MR) is 96.2 cm³/mol. The Labute approximate surface area is 148 Å². The number of anilines is 1. The second-order valence-corrected chi connectivity index (χ2v) is 7.41. The number of amides is 1. The van der Waals surface area contributed by atoms with Crippen LogP contribution in [0.4, 0.5) is 5.69 Å². The van der Waals surface area contributed by atoms with Gasteiger partial charge >= 0.3 is 0 Å². The van der Waals surface area contributed by atoms with E-state index in [2.05, 4.69) is 27.9 Å². The number of carbonyl (C=O) groups is 1. The van der Waals surface area contributed by atoms with Gasteiger partial charge < -0.3 is 10.1 Å². The maximum atomic E-state index is 12.4. The molecule has 2 aromatic rings. The van der Waals surface area contributed by atoms with Crippen molar-refractivity contribution in [3.05, 3.63) is 51.1 Å². The molecule has 0 spiro atoms. The number of hydrogen-bond acceptors (Lipinski definition) is 4. The molecule has 6 nitrogen and oxygen atoms in total. The molecule has 2 aromatic carbocycles. The predicted octanol–water partition coefficient (Wildman–Crippen LogP) is 2.51. The van der Waals surface area contributed by atoms with Crippen molar-refractivity contribution in [2.45, 2.75) is 11.8 Å². The molecular formula is C15H15IN2O4S. The lowest BCUT2D eigenvalue weighted by Gasteiger charge is -2.11. The minimum atomic E-state index is -3.96. The lowest BCUT2D eigenvalue weighted by Crippen LogP contribution is -2.16. The molecule has 0 atom stereocenters. The fourth-order valence-electron chi connectivity index (χ4n) is 2.00. The Morgan fingerprint density at radius 3 is 2.57 bits per heavy atom. The lowest BCUT2D eigenvalue weighted by molar-refractivity contribution is 0.102. The van der Waals surface area contributed by atoms with E-state index in [4.69, 9.17) is 9.88 Å². The molecule has 122 valence electrons. The van der Waals surface area contributed by atoms with Gasteiger partial charge in [0.15, 0.2) is 0 Å². The van der Waals surface area contributed by atoms with Gasteiger partial charge in [-0.2, -0.15) is 0 Å². The van der Waals surface area contributed by atoms with Crippen LogP contribution in [0.1, 0.15) is 15.9 Å². The van der Waals surface area contributed by atoms with Crippen LogP contribution in [-0.4, -0.2) is 21.4 Å². The number of hydrogen-bond donors (Lipinski definition) is 2. The summed E-state index contributed by atoms with van der Waals surface area (Å²) in [4.78, 5) is 12.2. The zero-order chi connectivity index (χ0) is 17.2. The Bertz CT molecular complexity index is 866. The Balaban J connectivity index is 2.37. The highest BCUT2D eigenvalue weighted by Crippen LogP contribution is 2.26. The van der Waals surface area contributed by atoms with Gasteiger partial charge in [0.2, 0.25) is 10.0 Å². The van der Waals surface area contributed by atoms with Gasteiger partial charge in [0.1, 0.15) is 10.6 Å². The van der Waals surface area contributed by atoms with E-state index in [0.29, 0.717) is 11.3 Å². The molecule has 0 aliphatic heterocycles. The average molecular weight is 446 g/mol. The standard InChI is InChI=1S/C15H15IN2O4S/c1-9-4-3-5-11(14(9)16)15(19)18-10-6-7-12(22-2)13(8-10)23(17,20)21/h3-8H,1-2H3,(H,18,19)(H2,17,20,21). The van der Waals surface area contributed by atoms with Gasteiger partial charge in [0.05, 0.1) is 12.7 Å². The summed E-state index contributed by atoms with van der Waals surface area (Å²) >= 11 is 2.10. The highest BCUT2D eigenvalue weighted by molar-refractivity contribution is 14.1. The van der Waals surface area contributed by atoms with Crippen molar-refractivity contribution in [2.75, 3.05) is 12.4 Å². The summed E-state index contributed by atoms with van der Waals surface area (Å²) in [6, 6.07) is 9.66. The number of carbonyl (C=O) groups excluding carboxylic acids is 1. The summed E-state index contributed by atoms with van der Waals surface area (Å²) in [7, 11) is -2.62. The fourth-order valence-corrected chi connectivity index (χ4v) is 3.33. The molecule has 0 unspecified atom stereocenters. The van der Waals surface area contributed by atoms with E-state index in [0.717, 1.165) is 9.13 Å². The van der Waals surface area contributed by atoms with Crippen LogP contribution in [0.15, 0.2) is 41.3 Å². The fraction of sp³-hybridized carbons (Fsp3) is 0.133. The summed E-state index contributed by atoms with van der Waals surface area (Å²) < 4.78 is 29.0. The number of primary sulfonamides is 1. The van der Waals surface area contributed by atoms with Crippen LogP contribution < -0.4 is 15.2 Å². The maximum Gasteiger partial charge on any atom is 0.256 e. The first-order valence-electron chi connectivity index (χ1n) is 6.51. The van der Waals surface area contributed by atoms with Crippen molar-refractivity contribution >= 4 is 44.2 Å². The molecule has 0 aliphatic rings. The number of halogens is 1. The van der Waals surface area contributed by atoms with Crippen LogP contribution in [0, 0.1) is 10.5 Å². The summed E-state index contributed by atoms with van der Waals surface area (Å²) in [5.74, 6) is -0.209. The number of methoxy groups -OCH3 is 1. The Hall–Kier alpha value is -1.65. The molecule has 0 radical (unpaired) electrons. The number of benzene rings is 2. The molecule has 0 saturated heterocycles. The second kappa shape index (κ2) is 6.85. The summed E-state index contributed by atoms with van der Waals surface area (Å²) in [6.07, 6.45) is 0. The highest BCUT2D eigenvalue weighted by Gasteiger charge is 2.17. The Kier molecular flexibility index (Phi) is 5.27. The van der Waals surface area contributed by atoms with Crippen molar-refractivity contribution in [2.24, 2.45) is 5.14 Å². The molecule has 0 fully saturated rings. The number of ether oxygens (including phenoxy) is 1. The van der Waals surface area contributed by atoms with Crippen molar-refractivity contribution in [3.63, 3.8) is 0 Å². The number of aryl methyl sites for hydroxylation is 1. The third-order valence-corrected chi connectivity index (χ3v) is 5.53. The van der Waals surface area contributed by atoms with Gasteiger partial charge in [0, 0.05) is 9.26 Å². The van der Waals surface area contributed by atoms with Crippen LogP contribution in [0.2, 0.25) is 0 Å². The second-order valence-electron chi connectivity index (χ2n) is 4.80. The van der Waals surface area contributed by atoms with Gasteiger partial charge in [-0.05, 0) is 59.3 Å². The largest absolute Gasteiger partial charge is 0.495 e. The topological polar surface area (TPSA) is 98.5 Å². The first-order valence-corrected chi connectivity index (χ1v) is 9.14. The molecule has 0 saturated carbocycles. The van der Waals surface area contributed by atoms with Crippen molar-refractivity contribution in [1.29, 1.82) is 0 Å². The van der Waals surface area contributed by atoms with Crippen molar-refractivity contribution in [1.82, 2.24) is 0 Å². The average Bonchev–Trinajstić information content (AvgIpc) is 2.49. The molecule has 3 N–H and O–H groups in total. The minimum Gasteiger partial charge on any atom is -0.495 e. The Morgan fingerprint density at radius 1 is 1.26 bits per heavy atom. The normalized spacial score (nSPS) is 11.1. The lowest BCUT2D eigenvalue weighted by atomic mass is 10.1. The Morgan fingerprint density at radius 2 is 1.96 bits per heavy atom. The van der Waals surface area contributed by atoms with E-state index in [1.165, 1.54) is 19.2 Å². The molecule has 0 heterocycles. The van der Waals surface area contributed by atoms with E-state index in [1.54, 1.807) is 18.2 Å². The quantitative estimate of drug-likeness (QED) is 0.706. The summed E-state index contributed by atoms with van der Waals surface area (Å²) in [6.45, 7) is 1.91. The molecule has 0 bridgehead atoms.